The third-order valence-corrected chi connectivity index (χ3v) is 3.32. The van der Waals surface area contributed by atoms with E-state index in [9.17, 15) is 0 Å². The van der Waals surface area contributed by atoms with Crippen molar-refractivity contribution in [1.29, 1.82) is 0 Å². The first-order valence-electron chi connectivity index (χ1n) is 7.31. The molecule has 19 heavy (non-hydrogen) atoms. The molecule has 0 atom stereocenters. The average molecular weight is 257 g/mol. The number of unbranched alkanes of at least 4 members (excludes halogenated alkanes) is 2. The highest BCUT2D eigenvalue weighted by atomic mass is 15.4. The molecule has 102 valence electrons. The summed E-state index contributed by atoms with van der Waals surface area (Å²) in [5.41, 5.74) is 2.53. The highest BCUT2D eigenvalue weighted by Crippen LogP contribution is 2.05. The normalized spacial score (nSPS) is 10.8. The molecule has 1 aromatic heterocycles. The maximum Gasteiger partial charge on any atom is 0.0827 e. The van der Waals surface area contributed by atoms with Crippen LogP contribution in [-0.4, -0.2) is 15.0 Å². The molecule has 0 radical (unpaired) electrons. The highest BCUT2D eigenvalue weighted by Gasteiger charge is 2.00. The number of benzene rings is 1. The van der Waals surface area contributed by atoms with Gasteiger partial charge in [0.25, 0.3) is 0 Å². The van der Waals surface area contributed by atoms with Crippen molar-refractivity contribution in [2.75, 3.05) is 0 Å². The van der Waals surface area contributed by atoms with E-state index in [1.165, 1.54) is 24.8 Å². The van der Waals surface area contributed by atoms with Crippen LogP contribution in [0.5, 0.6) is 0 Å². The molecule has 2 aromatic rings. The van der Waals surface area contributed by atoms with Gasteiger partial charge in [0.15, 0.2) is 0 Å². The van der Waals surface area contributed by atoms with Gasteiger partial charge in [-0.15, -0.1) is 5.10 Å². The smallest absolute Gasteiger partial charge is 0.0827 e. The maximum atomic E-state index is 4.23. The second-order valence-electron chi connectivity index (χ2n) is 5.02. The summed E-state index contributed by atoms with van der Waals surface area (Å²) < 4.78 is 1.98. The summed E-state index contributed by atoms with van der Waals surface area (Å²) in [5.74, 6) is 0. The van der Waals surface area contributed by atoms with Gasteiger partial charge in [0.05, 0.1) is 5.69 Å². The summed E-state index contributed by atoms with van der Waals surface area (Å²) in [5, 5.41) is 8.42. The molecule has 0 saturated heterocycles. The lowest BCUT2D eigenvalue weighted by molar-refractivity contribution is 0.558. The van der Waals surface area contributed by atoms with Crippen molar-refractivity contribution in [2.45, 2.75) is 52.0 Å². The fourth-order valence-electron chi connectivity index (χ4n) is 2.21. The Morgan fingerprint density at radius 1 is 1.00 bits per heavy atom. The summed E-state index contributed by atoms with van der Waals surface area (Å²) in [6.45, 7) is 3.18. The Bertz CT molecular complexity index is 462. The van der Waals surface area contributed by atoms with Crippen molar-refractivity contribution in [1.82, 2.24) is 15.0 Å². The van der Waals surface area contributed by atoms with Crippen molar-refractivity contribution in [3.63, 3.8) is 0 Å². The van der Waals surface area contributed by atoms with Crippen LogP contribution in [0.15, 0.2) is 36.5 Å². The van der Waals surface area contributed by atoms with Crippen LogP contribution in [0.1, 0.15) is 43.9 Å². The zero-order chi connectivity index (χ0) is 13.3. The summed E-state index contributed by atoms with van der Waals surface area (Å²) in [7, 11) is 0. The van der Waals surface area contributed by atoms with Gasteiger partial charge in [0.1, 0.15) is 0 Å². The molecule has 3 heteroatoms. The van der Waals surface area contributed by atoms with Crippen LogP contribution in [0.4, 0.5) is 0 Å². The van der Waals surface area contributed by atoms with Crippen LogP contribution in [0.25, 0.3) is 0 Å². The van der Waals surface area contributed by atoms with Crippen LogP contribution in [0.2, 0.25) is 0 Å². The van der Waals surface area contributed by atoms with Gasteiger partial charge in [-0.3, -0.25) is 4.68 Å². The Morgan fingerprint density at radius 2 is 1.84 bits per heavy atom. The van der Waals surface area contributed by atoms with E-state index in [1.54, 1.807) is 0 Å². The molecule has 1 aromatic carbocycles. The van der Waals surface area contributed by atoms with Crippen LogP contribution in [0.3, 0.4) is 0 Å². The molecule has 2 rings (SSSR count). The van der Waals surface area contributed by atoms with Crippen molar-refractivity contribution in [2.24, 2.45) is 0 Å². The van der Waals surface area contributed by atoms with Crippen LogP contribution in [-0.2, 0) is 19.4 Å². The lowest BCUT2D eigenvalue weighted by Crippen LogP contribution is -2.00. The number of aromatic nitrogens is 3. The topological polar surface area (TPSA) is 30.7 Å². The first-order chi connectivity index (χ1) is 9.38. The largest absolute Gasteiger partial charge is 0.252 e. The maximum absolute atomic E-state index is 4.23. The Balaban J connectivity index is 1.71. The Labute approximate surface area is 115 Å². The molecular weight excluding hydrogens is 234 g/mol. The third-order valence-electron chi connectivity index (χ3n) is 3.32. The average Bonchev–Trinajstić information content (AvgIpc) is 2.88. The lowest BCUT2D eigenvalue weighted by Gasteiger charge is -2.01. The van der Waals surface area contributed by atoms with E-state index in [1.807, 2.05) is 4.68 Å². The molecule has 0 aliphatic heterocycles. The van der Waals surface area contributed by atoms with E-state index in [-0.39, 0.29) is 0 Å². The van der Waals surface area contributed by atoms with E-state index in [4.69, 9.17) is 0 Å². The molecule has 1 heterocycles. The van der Waals surface area contributed by atoms with Gasteiger partial charge in [0, 0.05) is 12.7 Å². The zero-order valence-electron chi connectivity index (χ0n) is 11.8. The van der Waals surface area contributed by atoms with Crippen molar-refractivity contribution in [3.8, 4) is 0 Å². The van der Waals surface area contributed by atoms with Gasteiger partial charge in [-0.2, -0.15) is 0 Å². The number of hydrogen-bond acceptors (Lipinski definition) is 2. The number of aryl methyl sites for hydroxylation is 3. The van der Waals surface area contributed by atoms with Crippen LogP contribution in [0, 0.1) is 0 Å². The summed E-state index contributed by atoms with van der Waals surface area (Å²) >= 11 is 0. The Hall–Kier alpha value is -1.64. The van der Waals surface area contributed by atoms with Crippen molar-refractivity contribution >= 4 is 0 Å². The number of hydrogen-bond donors (Lipinski definition) is 0. The lowest BCUT2D eigenvalue weighted by atomic mass is 10.1. The van der Waals surface area contributed by atoms with Gasteiger partial charge in [-0.1, -0.05) is 55.3 Å². The van der Waals surface area contributed by atoms with E-state index in [0.29, 0.717) is 0 Å². The summed E-state index contributed by atoms with van der Waals surface area (Å²) in [4.78, 5) is 0. The van der Waals surface area contributed by atoms with E-state index < -0.39 is 0 Å². The van der Waals surface area contributed by atoms with E-state index >= 15 is 0 Å². The number of rotatable bonds is 8. The highest BCUT2D eigenvalue weighted by molar-refractivity contribution is 5.14. The minimum absolute atomic E-state index is 0.954. The van der Waals surface area contributed by atoms with Gasteiger partial charge in [-0.05, 0) is 31.2 Å². The van der Waals surface area contributed by atoms with Crippen LogP contribution < -0.4 is 0 Å². The van der Waals surface area contributed by atoms with Crippen molar-refractivity contribution < 1.29 is 0 Å². The second-order valence-corrected chi connectivity index (χ2v) is 5.02. The minimum atomic E-state index is 0.954. The van der Waals surface area contributed by atoms with Crippen molar-refractivity contribution in [3.05, 3.63) is 47.8 Å². The molecule has 0 aliphatic carbocycles. The number of nitrogens with zero attached hydrogens (tertiary/aromatic N) is 3. The first kappa shape index (κ1) is 13.8. The molecule has 0 amide bonds. The molecule has 3 nitrogen and oxygen atoms in total. The SMILES string of the molecule is CCCCCc1cn(CCCc2ccccc2)nn1. The summed E-state index contributed by atoms with van der Waals surface area (Å²) in [6, 6.07) is 10.6. The standard InChI is InChI=1S/C16H23N3/c1-2-3-5-12-16-14-19(18-17-16)13-8-11-15-9-6-4-7-10-15/h4,6-7,9-10,14H,2-3,5,8,11-13H2,1H3. The fraction of sp³-hybridized carbons (Fsp3) is 0.500. The van der Waals surface area contributed by atoms with Gasteiger partial charge >= 0.3 is 0 Å². The molecule has 0 fully saturated rings. The Morgan fingerprint density at radius 3 is 2.63 bits per heavy atom. The summed E-state index contributed by atoms with van der Waals surface area (Å²) in [6.07, 6.45) is 9.13. The third kappa shape index (κ3) is 4.86. The minimum Gasteiger partial charge on any atom is -0.252 e. The predicted molar refractivity (Wildman–Crippen MR) is 78.0 cm³/mol. The van der Waals surface area contributed by atoms with Gasteiger partial charge in [0.2, 0.25) is 0 Å². The first-order valence-corrected chi connectivity index (χ1v) is 7.31. The quantitative estimate of drug-likeness (QED) is 0.676. The van der Waals surface area contributed by atoms with Crippen LogP contribution >= 0.6 is 0 Å². The fourth-order valence-corrected chi connectivity index (χ4v) is 2.21. The zero-order valence-corrected chi connectivity index (χ0v) is 11.8. The monoisotopic (exact) mass is 257 g/mol. The van der Waals surface area contributed by atoms with Gasteiger partial charge < -0.3 is 0 Å². The molecule has 0 N–H and O–H groups in total. The molecular formula is C16H23N3. The predicted octanol–water partition coefficient (Wildman–Crippen LogP) is 3.64. The van der Waals surface area contributed by atoms with E-state index in [0.717, 1.165) is 31.5 Å². The molecule has 0 unspecified atom stereocenters. The van der Waals surface area contributed by atoms with Gasteiger partial charge in [-0.25, -0.2) is 0 Å². The second kappa shape index (κ2) is 7.72. The molecule has 0 bridgehead atoms. The van der Waals surface area contributed by atoms with E-state index in [2.05, 4.69) is 53.8 Å². The molecule has 0 aliphatic rings. The Kier molecular flexibility index (Phi) is 5.60. The molecule has 0 saturated carbocycles. The molecule has 0 spiro atoms.